The Morgan fingerprint density at radius 2 is 2.13 bits per heavy atom. The topological polar surface area (TPSA) is 32.3 Å². The average Bonchev–Trinajstić information content (AvgIpc) is 2.82. The van der Waals surface area contributed by atoms with Crippen molar-refractivity contribution in [2.45, 2.75) is 51.6 Å². The van der Waals surface area contributed by atoms with Gasteiger partial charge in [-0.3, -0.25) is 10.1 Å². The van der Waals surface area contributed by atoms with Gasteiger partial charge in [-0.05, 0) is 25.7 Å². The van der Waals surface area contributed by atoms with Crippen LogP contribution in [-0.2, 0) is 4.79 Å². The number of hydrogen-bond donors (Lipinski definition) is 1. The van der Waals surface area contributed by atoms with Gasteiger partial charge < -0.3 is 4.90 Å². The number of nitrogens with one attached hydrogen (secondary N) is 1. The highest BCUT2D eigenvalue weighted by molar-refractivity contribution is 5.80. The molecule has 0 aromatic carbocycles. The molecular formula is C12H22N2O. The number of hydrogen-bond acceptors (Lipinski definition) is 2. The molecule has 1 heterocycles. The fraction of sp³-hybridized carbons (Fsp3) is 0.917. The third kappa shape index (κ3) is 2.71. The maximum absolute atomic E-state index is 11.5. The number of nitrogens with zero attached hydrogens (tertiary/aromatic N) is 1. The van der Waals surface area contributed by atoms with Crippen molar-refractivity contribution in [3.8, 4) is 0 Å². The van der Waals surface area contributed by atoms with Crippen molar-refractivity contribution in [1.29, 1.82) is 0 Å². The molecule has 2 rings (SSSR count). The summed E-state index contributed by atoms with van der Waals surface area (Å²) in [6.45, 7) is 3.55. The molecule has 3 nitrogen and oxygen atoms in total. The van der Waals surface area contributed by atoms with Gasteiger partial charge in [0.2, 0.25) is 5.91 Å². The second-order valence-electron chi connectivity index (χ2n) is 4.94. The van der Waals surface area contributed by atoms with Crippen LogP contribution in [0.3, 0.4) is 0 Å². The molecule has 3 heteroatoms. The minimum atomic E-state index is 0.251. The number of rotatable bonds is 4. The molecule has 1 aliphatic heterocycles. The summed E-state index contributed by atoms with van der Waals surface area (Å²) in [4.78, 5) is 13.5. The third-order valence-corrected chi connectivity index (χ3v) is 3.82. The van der Waals surface area contributed by atoms with Crippen LogP contribution in [0.2, 0.25) is 0 Å². The van der Waals surface area contributed by atoms with Crippen LogP contribution in [0.4, 0.5) is 0 Å². The van der Waals surface area contributed by atoms with Crippen molar-refractivity contribution >= 4 is 5.91 Å². The predicted molar refractivity (Wildman–Crippen MR) is 60.4 cm³/mol. The van der Waals surface area contributed by atoms with E-state index >= 15 is 0 Å². The van der Waals surface area contributed by atoms with Crippen LogP contribution in [0.25, 0.3) is 0 Å². The van der Waals surface area contributed by atoms with Crippen molar-refractivity contribution < 1.29 is 4.79 Å². The summed E-state index contributed by atoms with van der Waals surface area (Å²) in [7, 11) is 0. The van der Waals surface area contributed by atoms with Gasteiger partial charge in [-0.15, -0.1) is 0 Å². The molecular weight excluding hydrogens is 188 g/mol. The molecule has 1 amide bonds. The molecule has 1 atom stereocenters. The Labute approximate surface area is 92.2 Å². The molecule has 0 spiro atoms. The number of carbonyl (C=O) groups is 1. The second kappa shape index (κ2) is 4.97. The van der Waals surface area contributed by atoms with E-state index in [1.807, 2.05) is 4.90 Å². The molecule has 0 radical (unpaired) electrons. The van der Waals surface area contributed by atoms with Gasteiger partial charge in [0.1, 0.15) is 0 Å². The van der Waals surface area contributed by atoms with Crippen molar-refractivity contribution in [3.05, 3.63) is 0 Å². The van der Waals surface area contributed by atoms with E-state index in [9.17, 15) is 4.79 Å². The van der Waals surface area contributed by atoms with Crippen LogP contribution in [0.15, 0.2) is 0 Å². The minimum absolute atomic E-state index is 0.251. The molecule has 86 valence electrons. The van der Waals surface area contributed by atoms with Gasteiger partial charge in [-0.1, -0.05) is 25.7 Å². The summed E-state index contributed by atoms with van der Waals surface area (Å²) >= 11 is 0. The maximum atomic E-state index is 11.5. The van der Waals surface area contributed by atoms with Crippen LogP contribution in [0.1, 0.15) is 45.4 Å². The second-order valence-corrected chi connectivity index (χ2v) is 4.94. The third-order valence-electron chi connectivity index (χ3n) is 3.82. The summed E-state index contributed by atoms with van der Waals surface area (Å²) < 4.78 is 0. The van der Waals surface area contributed by atoms with Gasteiger partial charge in [0.15, 0.2) is 0 Å². The Balaban J connectivity index is 1.66. The molecule has 1 unspecified atom stereocenters. The summed E-state index contributed by atoms with van der Waals surface area (Å²) in [6.07, 6.45) is 8.43. The maximum Gasteiger partial charge on any atom is 0.237 e. The van der Waals surface area contributed by atoms with Gasteiger partial charge in [0, 0.05) is 6.54 Å². The van der Waals surface area contributed by atoms with Crippen LogP contribution in [0, 0.1) is 5.92 Å². The molecule has 0 bridgehead atoms. The number of amides is 1. The first-order valence-corrected chi connectivity index (χ1v) is 6.30. The lowest BCUT2D eigenvalue weighted by Gasteiger charge is -2.21. The summed E-state index contributed by atoms with van der Waals surface area (Å²) in [5.41, 5.74) is 0. The van der Waals surface area contributed by atoms with E-state index in [2.05, 4.69) is 12.2 Å². The first kappa shape index (κ1) is 10.9. The van der Waals surface area contributed by atoms with Gasteiger partial charge in [0.25, 0.3) is 0 Å². The Kier molecular flexibility index (Phi) is 3.62. The van der Waals surface area contributed by atoms with Crippen molar-refractivity contribution in [2.24, 2.45) is 5.92 Å². The lowest BCUT2D eigenvalue weighted by Crippen LogP contribution is -2.35. The fourth-order valence-corrected chi connectivity index (χ4v) is 2.83. The molecule has 1 aliphatic carbocycles. The van der Waals surface area contributed by atoms with Gasteiger partial charge in [-0.25, -0.2) is 0 Å². The van der Waals surface area contributed by atoms with E-state index < -0.39 is 0 Å². The van der Waals surface area contributed by atoms with Gasteiger partial charge in [-0.2, -0.15) is 0 Å². The van der Waals surface area contributed by atoms with E-state index in [1.165, 1.54) is 38.5 Å². The minimum Gasteiger partial charge on any atom is -0.326 e. The lowest BCUT2D eigenvalue weighted by atomic mass is 10.0. The van der Waals surface area contributed by atoms with Crippen molar-refractivity contribution in [1.82, 2.24) is 10.2 Å². The lowest BCUT2D eigenvalue weighted by molar-refractivity contribution is -0.127. The normalized spacial score (nSPS) is 27.9. The van der Waals surface area contributed by atoms with Crippen molar-refractivity contribution in [3.63, 3.8) is 0 Å². The zero-order valence-corrected chi connectivity index (χ0v) is 9.67. The Hall–Kier alpha value is -0.570. The summed E-state index contributed by atoms with van der Waals surface area (Å²) in [6, 6.07) is 0. The summed E-state index contributed by atoms with van der Waals surface area (Å²) in [5.74, 6) is 1.22. The zero-order chi connectivity index (χ0) is 10.7. The smallest absolute Gasteiger partial charge is 0.237 e. The highest BCUT2D eigenvalue weighted by Gasteiger charge is 2.26. The van der Waals surface area contributed by atoms with Crippen LogP contribution in [-0.4, -0.2) is 30.1 Å². The quantitative estimate of drug-likeness (QED) is 0.766. The largest absolute Gasteiger partial charge is 0.326 e. The van der Waals surface area contributed by atoms with E-state index in [0.29, 0.717) is 6.54 Å². The monoisotopic (exact) mass is 210 g/mol. The molecule has 1 saturated carbocycles. The molecule has 15 heavy (non-hydrogen) atoms. The van der Waals surface area contributed by atoms with Crippen LogP contribution in [0.5, 0.6) is 0 Å². The first-order chi connectivity index (χ1) is 7.27. The molecule has 0 aromatic rings. The van der Waals surface area contributed by atoms with E-state index in [-0.39, 0.29) is 12.1 Å². The van der Waals surface area contributed by atoms with Gasteiger partial charge in [0.05, 0.1) is 12.7 Å². The van der Waals surface area contributed by atoms with Gasteiger partial charge >= 0.3 is 0 Å². The standard InChI is InChI=1S/C12H22N2O/c1-10-13-9-12(15)14(10)8-4-7-11-5-2-3-6-11/h10-11,13H,2-9H2,1H3. The predicted octanol–water partition coefficient (Wildman–Crippen LogP) is 1.73. The molecule has 2 aliphatic rings. The Bertz CT molecular complexity index is 224. The molecule has 0 aromatic heterocycles. The summed E-state index contributed by atoms with van der Waals surface area (Å²) in [5, 5.41) is 3.17. The Morgan fingerprint density at radius 1 is 1.40 bits per heavy atom. The van der Waals surface area contributed by atoms with Crippen molar-refractivity contribution in [2.75, 3.05) is 13.1 Å². The SMILES string of the molecule is CC1NCC(=O)N1CCCC1CCCC1. The van der Waals surface area contributed by atoms with E-state index in [4.69, 9.17) is 0 Å². The zero-order valence-electron chi connectivity index (χ0n) is 9.67. The first-order valence-electron chi connectivity index (χ1n) is 6.30. The van der Waals surface area contributed by atoms with Crippen LogP contribution >= 0.6 is 0 Å². The highest BCUT2D eigenvalue weighted by atomic mass is 16.2. The van der Waals surface area contributed by atoms with Crippen LogP contribution < -0.4 is 5.32 Å². The highest BCUT2D eigenvalue weighted by Crippen LogP contribution is 2.28. The molecule has 1 N–H and O–H groups in total. The Morgan fingerprint density at radius 3 is 2.73 bits per heavy atom. The fourth-order valence-electron chi connectivity index (χ4n) is 2.83. The number of carbonyl (C=O) groups excluding carboxylic acids is 1. The molecule has 1 saturated heterocycles. The van der Waals surface area contributed by atoms with E-state index in [1.54, 1.807) is 0 Å². The van der Waals surface area contributed by atoms with E-state index in [0.717, 1.165) is 12.5 Å². The average molecular weight is 210 g/mol. The molecule has 2 fully saturated rings.